The Hall–Kier alpha value is -0.950. The van der Waals surface area contributed by atoms with Crippen LogP contribution in [0.4, 0.5) is 0 Å². The van der Waals surface area contributed by atoms with Crippen molar-refractivity contribution in [3.05, 3.63) is 41.5 Å². The summed E-state index contributed by atoms with van der Waals surface area (Å²) in [5.74, 6) is 0. The lowest BCUT2D eigenvalue weighted by Crippen LogP contribution is -2.10. The molecular weight excluding hydrogens is 212 g/mol. The molecule has 0 aliphatic carbocycles. The molecule has 1 heteroatoms. The van der Waals surface area contributed by atoms with Gasteiger partial charge in [0.15, 0.2) is 0 Å². The molecule has 0 amide bonds. The normalized spacial score (nSPS) is 12.1. The zero-order valence-corrected chi connectivity index (χ0v) is 11.2. The standard InChI is InChI=1S/C15H18S/c1-10-5-6-11-9-12(15(2,3)4)7-8-13(11)14(10)16/h5-9,16H,1-4H3. The number of benzene rings is 2. The largest absolute Gasteiger partial charge is 0.143 e. The minimum atomic E-state index is 0.204. The lowest BCUT2D eigenvalue weighted by atomic mass is 9.86. The summed E-state index contributed by atoms with van der Waals surface area (Å²) < 4.78 is 0. The molecule has 0 heterocycles. The van der Waals surface area contributed by atoms with Gasteiger partial charge in [-0.05, 0) is 34.2 Å². The van der Waals surface area contributed by atoms with Crippen LogP contribution >= 0.6 is 12.6 Å². The van der Waals surface area contributed by atoms with Gasteiger partial charge in [-0.1, -0.05) is 51.1 Å². The lowest BCUT2D eigenvalue weighted by Gasteiger charge is -2.20. The fourth-order valence-electron chi connectivity index (χ4n) is 1.89. The summed E-state index contributed by atoms with van der Waals surface area (Å²) in [5.41, 5.74) is 2.81. The van der Waals surface area contributed by atoms with Gasteiger partial charge in [0.1, 0.15) is 0 Å². The fraction of sp³-hybridized carbons (Fsp3) is 0.333. The van der Waals surface area contributed by atoms with Gasteiger partial charge in [-0.3, -0.25) is 0 Å². The van der Waals surface area contributed by atoms with Crippen LogP contribution in [-0.2, 0) is 5.41 Å². The average Bonchev–Trinajstić information content (AvgIpc) is 2.22. The maximum absolute atomic E-state index is 4.57. The highest BCUT2D eigenvalue weighted by Gasteiger charge is 2.14. The van der Waals surface area contributed by atoms with E-state index in [1.54, 1.807) is 0 Å². The molecule has 0 radical (unpaired) electrons. The predicted molar refractivity (Wildman–Crippen MR) is 74.6 cm³/mol. The number of fused-ring (bicyclic) bond motifs is 1. The van der Waals surface area contributed by atoms with E-state index in [1.807, 2.05) is 0 Å². The Balaban J connectivity index is 2.70. The Morgan fingerprint density at radius 3 is 2.31 bits per heavy atom. The van der Waals surface area contributed by atoms with Crippen LogP contribution in [0.3, 0.4) is 0 Å². The van der Waals surface area contributed by atoms with Gasteiger partial charge >= 0.3 is 0 Å². The van der Waals surface area contributed by atoms with Gasteiger partial charge in [0.05, 0.1) is 0 Å². The molecule has 0 unspecified atom stereocenters. The maximum atomic E-state index is 4.57. The molecule has 0 aromatic heterocycles. The van der Waals surface area contributed by atoms with E-state index in [-0.39, 0.29) is 5.41 Å². The Bertz CT molecular complexity index is 533. The van der Waals surface area contributed by atoms with Gasteiger partial charge in [-0.2, -0.15) is 0 Å². The van der Waals surface area contributed by atoms with E-state index in [9.17, 15) is 0 Å². The molecule has 84 valence electrons. The molecule has 0 saturated carbocycles. The van der Waals surface area contributed by atoms with E-state index < -0.39 is 0 Å². The number of rotatable bonds is 0. The quantitative estimate of drug-likeness (QED) is 0.621. The Labute approximate surface area is 103 Å². The summed E-state index contributed by atoms with van der Waals surface area (Å²) in [7, 11) is 0. The van der Waals surface area contributed by atoms with Crippen molar-refractivity contribution in [1.29, 1.82) is 0 Å². The van der Waals surface area contributed by atoms with Crippen LogP contribution < -0.4 is 0 Å². The molecule has 0 aliphatic heterocycles. The zero-order chi connectivity index (χ0) is 11.9. The number of hydrogen-bond donors (Lipinski definition) is 1. The summed E-state index contributed by atoms with van der Waals surface area (Å²) in [4.78, 5) is 1.10. The van der Waals surface area contributed by atoms with Gasteiger partial charge in [-0.25, -0.2) is 0 Å². The summed E-state index contributed by atoms with van der Waals surface area (Å²) in [6.07, 6.45) is 0. The molecule has 16 heavy (non-hydrogen) atoms. The van der Waals surface area contributed by atoms with Crippen molar-refractivity contribution in [3.63, 3.8) is 0 Å². The Morgan fingerprint density at radius 1 is 1.00 bits per heavy atom. The van der Waals surface area contributed by atoms with Crippen LogP contribution in [0.2, 0.25) is 0 Å². The van der Waals surface area contributed by atoms with Gasteiger partial charge in [0.25, 0.3) is 0 Å². The fourth-order valence-corrected chi connectivity index (χ4v) is 2.17. The van der Waals surface area contributed by atoms with Crippen molar-refractivity contribution in [2.24, 2.45) is 0 Å². The molecule has 0 saturated heterocycles. The minimum Gasteiger partial charge on any atom is -0.143 e. The molecule has 0 atom stereocenters. The van der Waals surface area contributed by atoms with Crippen LogP contribution in [0.1, 0.15) is 31.9 Å². The average molecular weight is 230 g/mol. The number of aryl methyl sites for hydroxylation is 1. The highest BCUT2D eigenvalue weighted by molar-refractivity contribution is 7.80. The summed E-state index contributed by atoms with van der Waals surface area (Å²) in [5, 5.41) is 2.53. The first-order chi connectivity index (χ1) is 7.39. The third-order valence-electron chi connectivity index (χ3n) is 3.06. The van der Waals surface area contributed by atoms with Gasteiger partial charge in [0.2, 0.25) is 0 Å². The predicted octanol–water partition coefficient (Wildman–Crippen LogP) is 4.73. The minimum absolute atomic E-state index is 0.204. The summed E-state index contributed by atoms with van der Waals surface area (Å²) in [6, 6.07) is 11.0. The summed E-state index contributed by atoms with van der Waals surface area (Å²) >= 11 is 4.57. The monoisotopic (exact) mass is 230 g/mol. The first-order valence-electron chi connectivity index (χ1n) is 5.62. The second-order valence-corrected chi connectivity index (χ2v) is 5.86. The van der Waals surface area contributed by atoms with Crippen molar-refractivity contribution in [2.45, 2.75) is 38.0 Å². The van der Waals surface area contributed by atoms with Crippen molar-refractivity contribution in [1.82, 2.24) is 0 Å². The molecule has 0 spiro atoms. The van der Waals surface area contributed by atoms with Crippen molar-refractivity contribution in [2.75, 3.05) is 0 Å². The second kappa shape index (κ2) is 3.81. The maximum Gasteiger partial charge on any atom is 0.0148 e. The SMILES string of the molecule is Cc1ccc2cc(C(C)(C)C)ccc2c1S. The second-order valence-electron chi connectivity index (χ2n) is 5.42. The molecule has 2 aromatic carbocycles. The van der Waals surface area contributed by atoms with E-state index >= 15 is 0 Å². The highest BCUT2D eigenvalue weighted by Crippen LogP contribution is 2.30. The lowest BCUT2D eigenvalue weighted by molar-refractivity contribution is 0.591. The van der Waals surface area contributed by atoms with E-state index in [2.05, 4.69) is 70.7 Å². The zero-order valence-electron chi connectivity index (χ0n) is 10.3. The number of thiol groups is 1. The summed E-state index contributed by atoms with van der Waals surface area (Å²) in [6.45, 7) is 8.82. The molecule has 0 aliphatic rings. The van der Waals surface area contributed by atoms with Gasteiger partial charge in [-0.15, -0.1) is 12.6 Å². The molecule has 0 bridgehead atoms. The smallest absolute Gasteiger partial charge is 0.0148 e. The Kier molecular flexibility index (Phi) is 2.75. The Morgan fingerprint density at radius 2 is 1.69 bits per heavy atom. The van der Waals surface area contributed by atoms with Crippen molar-refractivity contribution in [3.8, 4) is 0 Å². The molecule has 2 rings (SSSR count). The van der Waals surface area contributed by atoms with E-state index in [0.717, 1.165) is 4.90 Å². The van der Waals surface area contributed by atoms with Gasteiger partial charge in [0, 0.05) is 4.90 Å². The molecule has 0 fully saturated rings. The topological polar surface area (TPSA) is 0 Å². The third kappa shape index (κ3) is 1.97. The van der Waals surface area contributed by atoms with Crippen molar-refractivity contribution < 1.29 is 0 Å². The highest BCUT2D eigenvalue weighted by atomic mass is 32.1. The molecule has 0 nitrogen and oxygen atoms in total. The van der Waals surface area contributed by atoms with Crippen LogP contribution in [0.25, 0.3) is 10.8 Å². The number of hydrogen-bond acceptors (Lipinski definition) is 1. The first kappa shape index (κ1) is 11.5. The molecule has 0 N–H and O–H groups in total. The molecule has 2 aromatic rings. The van der Waals surface area contributed by atoms with Crippen molar-refractivity contribution >= 4 is 23.4 Å². The van der Waals surface area contributed by atoms with Gasteiger partial charge < -0.3 is 0 Å². The van der Waals surface area contributed by atoms with E-state index in [4.69, 9.17) is 0 Å². The van der Waals surface area contributed by atoms with Crippen LogP contribution in [0.5, 0.6) is 0 Å². The van der Waals surface area contributed by atoms with E-state index in [1.165, 1.54) is 21.9 Å². The third-order valence-corrected chi connectivity index (χ3v) is 3.65. The first-order valence-corrected chi connectivity index (χ1v) is 6.07. The van der Waals surface area contributed by atoms with E-state index in [0.29, 0.717) is 0 Å². The van der Waals surface area contributed by atoms with Crippen LogP contribution in [0, 0.1) is 6.92 Å². The van der Waals surface area contributed by atoms with Crippen LogP contribution in [0.15, 0.2) is 35.2 Å². The molecular formula is C15H18S. The van der Waals surface area contributed by atoms with Crippen LogP contribution in [-0.4, -0.2) is 0 Å².